The second kappa shape index (κ2) is 25.2. The highest BCUT2D eigenvalue weighted by Gasteiger charge is 2.53. The molecule has 17 heteroatoms. The van der Waals surface area contributed by atoms with Crippen molar-refractivity contribution >= 4 is 33.5 Å². The van der Waals surface area contributed by atoms with Crippen molar-refractivity contribution in [2.24, 2.45) is 35.5 Å². The average molecular weight is 977 g/mol. The number of methoxy groups -OCH3 is 2. The number of piperidine rings is 1. The smallest absolute Gasteiger partial charge is 0.329 e. The van der Waals surface area contributed by atoms with Crippen LogP contribution in [0.1, 0.15) is 125 Å². The SMILES string of the molecule is CO[C@@H]1C[C@H](C[C@@H](C)[C@@H]2CC[C@H](C)/C=C3\OCCS(=O)(=O)N[C@@H](C[C@@H]4CC[C@@H](C)[C@@](O)(O4)C(=O)C(=O)N4CCCC[C@H]4C(=O)O2)/C(C)=C/C=C/C=C/[C@@H](C)C[C@@H](C)C(=O)[C@H](OC)[C@@H]3O)CC[C@H]1O. The zero-order valence-electron chi connectivity index (χ0n) is 41.5. The molecule has 384 valence electrons. The van der Waals surface area contributed by atoms with Crippen molar-refractivity contribution in [3.05, 3.63) is 47.8 Å². The molecule has 4 bridgehead atoms. The molecule has 4 N–H and O–H groups in total. The monoisotopic (exact) mass is 977 g/mol. The fourth-order valence-corrected chi connectivity index (χ4v) is 11.8. The van der Waals surface area contributed by atoms with E-state index in [4.69, 9.17) is 23.7 Å². The van der Waals surface area contributed by atoms with Crippen molar-refractivity contribution in [2.45, 2.75) is 180 Å². The second-order valence-electron chi connectivity index (χ2n) is 20.5. The fourth-order valence-electron chi connectivity index (χ4n) is 10.6. The number of ether oxygens (including phenoxy) is 5. The van der Waals surface area contributed by atoms with Gasteiger partial charge in [0.25, 0.3) is 11.7 Å². The molecule has 3 fully saturated rings. The lowest BCUT2D eigenvalue weighted by molar-refractivity contribution is -0.264. The van der Waals surface area contributed by atoms with E-state index in [1.807, 2.05) is 32.9 Å². The van der Waals surface area contributed by atoms with Crippen LogP contribution in [-0.2, 0) is 52.9 Å². The van der Waals surface area contributed by atoms with Crippen molar-refractivity contribution in [3.8, 4) is 0 Å². The molecule has 15 atom stereocenters. The summed E-state index contributed by atoms with van der Waals surface area (Å²) in [5, 5.41) is 34.5. The summed E-state index contributed by atoms with van der Waals surface area (Å²) in [6, 6.07) is -1.97. The number of aliphatic hydroxyl groups is 3. The van der Waals surface area contributed by atoms with E-state index in [-0.39, 0.29) is 67.1 Å². The number of rotatable bonds is 5. The van der Waals surface area contributed by atoms with E-state index in [0.717, 1.165) is 6.42 Å². The van der Waals surface area contributed by atoms with E-state index in [1.165, 1.54) is 12.0 Å². The van der Waals surface area contributed by atoms with Crippen LogP contribution in [0.25, 0.3) is 0 Å². The van der Waals surface area contributed by atoms with Gasteiger partial charge in [0.05, 0.1) is 24.1 Å². The molecule has 5 aliphatic rings. The van der Waals surface area contributed by atoms with Crippen molar-refractivity contribution in [3.63, 3.8) is 0 Å². The summed E-state index contributed by atoms with van der Waals surface area (Å²) in [5.41, 5.74) is 0.610. The minimum absolute atomic E-state index is 0.00232. The first kappa shape index (κ1) is 55.6. The van der Waals surface area contributed by atoms with Gasteiger partial charge in [-0.05, 0) is 120 Å². The van der Waals surface area contributed by atoms with Gasteiger partial charge in [0.2, 0.25) is 15.8 Å². The van der Waals surface area contributed by atoms with Crippen LogP contribution >= 0.6 is 0 Å². The molecule has 0 aromatic rings. The topological polar surface area (TPSA) is 225 Å². The van der Waals surface area contributed by atoms with Crippen molar-refractivity contribution in [1.82, 2.24) is 9.62 Å². The van der Waals surface area contributed by atoms with Crippen LogP contribution in [0.2, 0.25) is 0 Å². The van der Waals surface area contributed by atoms with E-state index in [2.05, 4.69) is 4.72 Å². The zero-order valence-corrected chi connectivity index (χ0v) is 42.4. The Morgan fingerprint density at radius 3 is 2.37 bits per heavy atom. The van der Waals surface area contributed by atoms with Gasteiger partial charge in [0.1, 0.15) is 36.7 Å². The minimum Gasteiger partial charge on any atom is -0.494 e. The van der Waals surface area contributed by atoms with Gasteiger partial charge in [-0.3, -0.25) is 14.4 Å². The Hall–Kier alpha value is -3.29. The molecule has 1 saturated carbocycles. The third-order valence-corrected chi connectivity index (χ3v) is 16.3. The van der Waals surface area contributed by atoms with E-state index in [0.29, 0.717) is 63.4 Å². The summed E-state index contributed by atoms with van der Waals surface area (Å²) in [6.07, 6.45) is 11.3. The van der Waals surface area contributed by atoms with Crippen LogP contribution in [0.3, 0.4) is 0 Å². The number of allylic oxidation sites excluding steroid dienone is 6. The van der Waals surface area contributed by atoms with Crippen LogP contribution in [0.4, 0.5) is 0 Å². The normalized spacial score (nSPS) is 40.9. The number of carbonyl (C=O) groups excluding carboxylic acids is 4. The molecule has 68 heavy (non-hydrogen) atoms. The molecular formula is C51H80N2O14S. The standard InChI is InChI=1S/C51H80N2O14S/c1-31-14-10-9-11-15-33(3)39-30-38-20-18-36(6)51(60,67-38)48(57)49(58)53-23-13-12-16-40(53)50(59)66-42(34(4)28-37-19-21-41(54)43(29-37)63-7)22-17-32(2)27-44(65-24-25-68(61,62)52-39)46(56)47(64-8)45(55)35(5)26-31/h9-11,14-15,27,31-32,34-43,46-47,52,54,56,60H,12-13,16-26,28-30H2,1-8H3/b11-9+,14-10+,33-15+,44-27-/t31-,32+,34-,35-,36-,37+,38+,39+,40+,41-,42+,43-,46-,47+,51-/m1/s1. The van der Waals surface area contributed by atoms with Gasteiger partial charge in [0.15, 0.2) is 5.78 Å². The molecular weight excluding hydrogens is 897 g/mol. The highest BCUT2D eigenvalue weighted by molar-refractivity contribution is 7.89. The van der Waals surface area contributed by atoms with Crippen molar-refractivity contribution < 1.29 is 66.6 Å². The van der Waals surface area contributed by atoms with Crippen LogP contribution < -0.4 is 4.72 Å². The number of Topliss-reactive ketones (excluding diaryl/α,β-unsaturated/α-hetero) is 2. The highest BCUT2D eigenvalue weighted by Crippen LogP contribution is 2.38. The number of ketones is 2. The molecule has 4 aliphatic heterocycles. The Kier molecular flexibility index (Phi) is 20.6. The largest absolute Gasteiger partial charge is 0.494 e. The first-order valence-electron chi connectivity index (χ1n) is 24.9. The molecule has 0 spiro atoms. The lowest BCUT2D eigenvalue weighted by Gasteiger charge is -2.43. The Morgan fingerprint density at radius 1 is 0.897 bits per heavy atom. The van der Waals surface area contributed by atoms with Gasteiger partial charge in [-0.1, -0.05) is 70.6 Å². The van der Waals surface area contributed by atoms with Gasteiger partial charge in [-0.25, -0.2) is 17.9 Å². The Balaban J connectivity index is 1.59. The summed E-state index contributed by atoms with van der Waals surface area (Å²) in [4.78, 5) is 58.3. The van der Waals surface area contributed by atoms with E-state index >= 15 is 0 Å². The molecule has 16 nitrogen and oxygen atoms in total. The molecule has 0 aromatic heterocycles. The number of hydrogen-bond donors (Lipinski definition) is 4. The maximum absolute atomic E-state index is 14.4. The Bertz CT molecular complexity index is 1970. The third-order valence-electron chi connectivity index (χ3n) is 15.0. The molecule has 0 aromatic carbocycles. The number of amides is 1. The second-order valence-corrected chi connectivity index (χ2v) is 22.3. The fraction of sp³-hybridized carbons (Fsp3) is 0.765. The van der Waals surface area contributed by atoms with E-state index < -0.39 is 100 Å². The molecule has 2 saturated heterocycles. The molecule has 0 radical (unpaired) electrons. The van der Waals surface area contributed by atoms with Crippen molar-refractivity contribution in [2.75, 3.05) is 33.1 Å². The van der Waals surface area contributed by atoms with Gasteiger partial charge in [0, 0.05) is 38.6 Å². The predicted molar refractivity (Wildman–Crippen MR) is 255 cm³/mol. The van der Waals surface area contributed by atoms with E-state index in [9.17, 15) is 42.9 Å². The molecule has 0 unspecified atom stereocenters. The number of nitrogens with one attached hydrogen (secondary N) is 1. The van der Waals surface area contributed by atoms with E-state index in [1.54, 1.807) is 52.2 Å². The number of cyclic esters (lactones) is 1. The highest BCUT2D eigenvalue weighted by atomic mass is 32.2. The predicted octanol–water partition coefficient (Wildman–Crippen LogP) is 5.24. The summed E-state index contributed by atoms with van der Waals surface area (Å²) in [6.45, 7) is 10.7. The maximum atomic E-state index is 14.4. The molecule has 4 heterocycles. The molecule has 5 rings (SSSR count). The van der Waals surface area contributed by atoms with Gasteiger partial charge >= 0.3 is 5.97 Å². The first-order valence-corrected chi connectivity index (χ1v) is 26.6. The average Bonchev–Trinajstić information content (AvgIpc) is 3.30. The first-order chi connectivity index (χ1) is 32.2. The van der Waals surface area contributed by atoms with Gasteiger partial charge in [-0.15, -0.1) is 0 Å². The lowest BCUT2D eigenvalue weighted by Crippen LogP contribution is -2.61. The van der Waals surface area contributed by atoms with Crippen LogP contribution in [0.5, 0.6) is 0 Å². The quantitative estimate of drug-likeness (QED) is 0.204. The number of aliphatic hydroxyl groups excluding tert-OH is 2. The van der Waals surface area contributed by atoms with Gasteiger partial charge in [-0.2, -0.15) is 0 Å². The number of fused-ring (bicyclic) bond motifs is 9. The summed E-state index contributed by atoms with van der Waals surface area (Å²) in [7, 11) is -1.21. The number of nitrogens with zero attached hydrogens (tertiary/aromatic N) is 1. The zero-order chi connectivity index (χ0) is 49.9. The van der Waals surface area contributed by atoms with Crippen LogP contribution in [0, 0.1) is 35.5 Å². The Morgan fingerprint density at radius 2 is 1.65 bits per heavy atom. The number of carbonyl (C=O) groups is 4. The van der Waals surface area contributed by atoms with Crippen molar-refractivity contribution in [1.29, 1.82) is 0 Å². The van der Waals surface area contributed by atoms with Crippen LogP contribution in [-0.4, -0.2) is 140 Å². The lowest BCUT2D eigenvalue weighted by atomic mass is 9.78. The van der Waals surface area contributed by atoms with Gasteiger partial charge < -0.3 is 43.9 Å². The maximum Gasteiger partial charge on any atom is 0.329 e. The summed E-state index contributed by atoms with van der Waals surface area (Å²) >= 11 is 0. The molecule has 1 aliphatic carbocycles. The summed E-state index contributed by atoms with van der Waals surface area (Å²) in [5.74, 6) is -8.07. The Labute approximate surface area is 404 Å². The minimum atomic E-state index is -4.13. The number of esters is 1. The van der Waals surface area contributed by atoms with Crippen LogP contribution in [0.15, 0.2) is 47.8 Å². The third kappa shape index (κ3) is 14.6. The molecule has 1 amide bonds. The summed E-state index contributed by atoms with van der Waals surface area (Å²) < 4.78 is 60.7. The number of sulfonamides is 1. The number of hydrogen-bond acceptors (Lipinski definition) is 14.